The van der Waals surface area contributed by atoms with Crippen molar-refractivity contribution in [2.45, 2.75) is 52.2 Å². The van der Waals surface area contributed by atoms with Gasteiger partial charge >= 0.3 is 6.03 Å². The Hall–Kier alpha value is -1.55. The number of aryl methyl sites for hydroxylation is 1. The van der Waals surface area contributed by atoms with Crippen LogP contribution in [-0.2, 0) is 11.2 Å². The second-order valence-electron chi connectivity index (χ2n) is 5.89. The molecule has 4 nitrogen and oxygen atoms in total. The van der Waals surface area contributed by atoms with Crippen molar-refractivity contribution in [3.05, 3.63) is 29.8 Å². The van der Waals surface area contributed by atoms with E-state index < -0.39 is 0 Å². The number of rotatable bonds is 4. The number of ether oxygens (including phenoxy) is 1. The van der Waals surface area contributed by atoms with E-state index in [1.807, 2.05) is 30.9 Å². The van der Waals surface area contributed by atoms with Crippen LogP contribution < -0.4 is 5.32 Å². The minimum absolute atomic E-state index is 0.0432. The Morgan fingerprint density at radius 3 is 2.43 bits per heavy atom. The molecule has 0 unspecified atom stereocenters. The molecule has 1 aromatic carbocycles. The molecule has 0 spiro atoms. The zero-order valence-corrected chi connectivity index (χ0v) is 13.3. The van der Waals surface area contributed by atoms with Crippen LogP contribution in [0.3, 0.4) is 0 Å². The lowest BCUT2D eigenvalue weighted by Crippen LogP contribution is -2.49. The quantitative estimate of drug-likeness (QED) is 0.919. The van der Waals surface area contributed by atoms with Crippen LogP contribution in [0, 0.1) is 0 Å². The summed E-state index contributed by atoms with van der Waals surface area (Å²) in [6.07, 6.45) is 3.69. The normalized spacial score (nSPS) is 22.1. The molecule has 1 aliphatic heterocycles. The Labute approximate surface area is 127 Å². The van der Waals surface area contributed by atoms with Crippen molar-refractivity contribution in [3.63, 3.8) is 0 Å². The van der Waals surface area contributed by atoms with Crippen LogP contribution in [0.5, 0.6) is 0 Å². The SMILES string of the molecule is CCCCc1ccc(NC(=O)N2C[C@H](C)O[C@@H](C)C2)cc1. The van der Waals surface area contributed by atoms with Crippen molar-refractivity contribution in [1.82, 2.24) is 4.90 Å². The summed E-state index contributed by atoms with van der Waals surface area (Å²) in [4.78, 5) is 14.1. The number of unbranched alkanes of at least 4 members (excludes halogenated alkanes) is 1. The van der Waals surface area contributed by atoms with Gasteiger partial charge in [-0.25, -0.2) is 4.79 Å². The van der Waals surface area contributed by atoms with Crippen molar-refractivity contribution in [2.24, 2.45) is 0 Å². The molecule has 1 N–H and O–H groups in total. The maximum absolute atomic E-state index is 12.3. The summed E-state index contributed by atoms with van der Waals surface area (Å²) in [6, 6.07) is 8.11. The summed E-state index contributed by atoms with van der Waals surface area (Å²) in [7, 11) is 0. The maximum Gasteiger partial charge on any atom is 0.322 e. The van der Waals surface area contributed by atoms with Gasteiger partial charge < -0.3 is 15.0 Å². The Kier molecular flexibility index (Phi) is 5.62. The minimum atomic E-state index is -0.0432. The van der Waals surface area contributed by atoms with Crippen LogP contribution >= 0.6 is 0 Å². The number of amides is 2. The lowest BCUT2D eigenvalue weighted by atomic mass is 10.1. The van der Waals surface area contributed by atoms with Gasteiger partial charge in [-0.2, -0.15) is 0 Å². The van der Waals surface area contributed by atoms with E-state index in [0.717, 1.165) is 12.1 Å². The zero-order valence-electron chi connectivity index (χ0n) is 13.3. The summed E-state index contributed by atoms with van der Waals surface area (Å²) < 4.78 is 5.65. The Morgan fingerprint density at radius 1 is 1.24 bits per heavy atom. The molecule has 1 fully saturated rings. The van der Waals surface area contributed by atoms with Crippen LogP contribution in [-0.4, -0.2) is 36.2 Å². The van der Waals surface area contributed by atoms with Gasteiger partial charge in [-0.3, -0.25) is 0 Å². The van der Waals surface area contributed by atoms with Gasteiger partial charge in [0.15, 0.2) is 0 Å². The first-order chi connectivity index (χ1) is 10.1. The molecule has 2 atom stereocenters. The van der Waals surface area contributed by atoms with E-state index >= 15 is 0 Å². The van der Waals surface area contributed by atoms with Crippen LogP contribution in [0.1, 0.15) is 39.2 Å². The van der Waals surface area contributed by atoms with Crippen molar-refractivity contribution in [2.75, 3.05) is 18.4 Å². The predicted octanol–water partition coefficient (Wildman–Crippen LogP) is 3.67. The lowest BCUT2D eigenvalue weighted by molar-refractivity contribution is -0.0530. The smallest absolute Gasteiger partial charge is 0.322 e. The third kappa shape index (κ3) is 4.74. The van der Waals surface area contributed by atoms with Crippen molar-refractivity contribution < 1.29 is 9.53 Å². The van der Waals surface area contributed by atoms with Crippen LogP contribution in [0.2, 0.25) is 0 Å². The van der Waals surface area contributed by atoms with Crippen molar-refractivity contribution >= 4 is 11.7 Å². The molecule has 0 aliphatic carbocycles. The molecule has 1 saturated heterocycles. The topological polar surface area (TPSA) is 41.6 Å². The first-order valence-corrected chi connectivity index (χ1v) is 7.88. The molecule has 0 bridgehead atoms. The standard InChI is InChI=1S/C17H26N2O2/c1-4-5-6-15-7-9-16(10-8-15)18-17(20)19-11-13(2)21-14(3)12-19/h7-10,13-14H,4-6,11-12H2,1-3H3,(H,18,20)/t13-,14-/m0/s1. The Morgan fingerprint density at radius 2 is 1.86 bits per heavy atom. The van der Waals surface area contributed by atoms with E-state index in [-0.39, 0.29) is 18.2 Å². The summed E-state index contributed by atoms with van der Waals surface area (Å²) in [5.41, 5.74) is 2.18. The van der Waals surface area contributed by atoms with E-state index in [4.69, 9.17) is 4.74 Å². The van der Waals surface area contributed by atoms with E-state index in [0.29, 0.717) is 13.1 Å². The number of hydrogen-bond donors (Lipinski definition) is 1. The number of hydrogen-bond acceptors (Lipinski definition) is 2. The molecule has 1 heterocycles. The van der Waals surface area contributed by atoms with Gasteiger partial charge in [0.05, 0.1) is 12.2 Å². The fourth-order valence-electron chi connectivity index (χ4n) is 2.68. The highest BCUT2D eigenvalue weighted by Gasteiger charge is 2.25. The Bertz CT molecular complexity index is 448. The number of carbonyl (C=O) groups is 1. The largest absolute Gasteiger partial charge is 0.372 e. The number of anilines is 1. The number of carbonyl (C=O) groups excluding carboxylic acids is 1. The number of urea groups is 1. The predicted molar refractivity (Wildman–Crippen MR) is 85.7 cm³/mol. The van der Waals surface area contributed by atoms with Gasteiger partial charge in [-0.1, -0.05) is 25.5 Å². The molecule has 116 valence electrons. The molecule has 1 aliphatic rings. The summed E-state index contributed by atoms with van der Waals surface area (Å²) in [5, 5.41) is 2.97. The molecule has 0 aromatic heterocycles. The molecule has 2 amide bonds. The van der Waals surface area contributed by atoms with Gasteiger partial charge in [0.2, 0.25) is 0 Å². The van der Waals surface area contributed by atoms with Crippen molar-refractivity contribution in [1.29, 1.82) is 0 Å². The number of morpholine rings is 1. The highest BCUT2D eigenvalue weighted by molar-refractivity contribution is 5.89. The second kappa shape index (κ2) is 7.46. The lowest BCUT2D eigenvalue weighted by Gasteiger charge is -2.35. The van der Waals surface area contributed by atoms with Crippen LogP contribution in [0.25, 0.3) is 0 Å². The first-order valence-electron chi connectivity index (χ1n) is 7.88. The molecular formula is C17H26N2O2. The summed E-state index contributed by atoms with van der Waals surface area (Å²) in [5.74, 6) is 0. The van der Waals surface area contributed by atoms with Gasteiger partial charge in [0.25, 0.3) is 0 Å². The average molecular weight is 290 g/mol. The van der Waals surface area contributed by atoms with Gasteiger partial charge in [-0.15, -0.1) is 0 Å². The van der Waals surface area contributed by atoms with Gasteiger partial charge in [0.1, 0.15) is 0 Å². The second-order valence-corrected chi connectivity index (χ2v) is 5.89. The zero-order chi connectivity index (χ0) is 15.2. The maximum atomic E-state index is 12.3. The highest BCUT2D eigenvalue weighted by Crippen LogP contribution is 2.15. The fourth-order valence-corrected chi connectivity index (χ4v) is 2.68. The molecule has 4 heteroatoms. The molecular weight excluding hydrogens is 264 g/mol. The van der Waals surface area contributed by atoms with Gasteiger partial charge in [-0.05, 0) is 44.4 Å². The van der Waals surface area contributed by atoms with E-state index in [1.165, 1.54) is 18.4 Å². The first kappa shape index (κ1) is 15.8. The average Bonchev–Trinajstić information content (AvgIpc) is 2.45. The van der Waals surface area contributed by atoms with E-state index in [1.54, 1.807) is 0 Å². The third-order valence-electron chi connectivity index (χ3n) is 3.73. The molecule has 1 aromatic rings. The Balaban J connectivity index is 1.90. The molecule has 0 saturated carbocycles. The third-order valence-corrected chi connectivity index (χ3v) is 3.73. The monoisotopic (exact) mass is 290 g/mol. The van der Waals surface area contributed by atoms with E-state index in [9.17, 15) is 4.79 Å². The number of nitrogens with one attached hydrogen (secondary N) is 1. The van der Waals surface area contributed by atoms with Gasteiger partial charge in [0, 0.05) is 18.8 Å². The van der Waals surface area contributed by atoms with E-state index in [2.05, 4.69) is 24.4 Å². The molecule has 21 heavy (non-hydrogen) atoms. The summed E-state index contributed by atoms with van der Waals surface area (Å²) >= 11 is 0. The highest BCUT2D eigenvalue weighted by atomic mass is 16.5. The minimum Gasteiger partial charge on any atom is -0.372 e. The van der Waals surface area contributed by atoms with Crippen molar-refractivity contribution in [3.8, 4) is 0 Å². The van der Waals surface area contributed by atoms with Crippen LogP contribution in [0.15, 0.2) is 24.3 Å². The fraction of sp³-hybridized carbons (Fsp3) is 0.588. The number of nitrogens with zero attached hydrogens (tertiary/aromatic N) is 1. The van der Waals surface area contributed by atoms with Crippen LogP contribution in [0.4, 0.5) is 10.5 Å². The summed E-state index contributed by atoms with van der Waals surface area (Å²) in [6.45, 7) is 7.48. The molecule has 2 rings (SSSR count). The number of benzene rings is 1. The molecule has 0 radical (unpaired) electrons.